The molecule has 0 spiro atoms. The summed E-state index contributed by atoms with van der Waals surface area (Å²) in [5.74, 6) is -1.83. The molecule has 1 aliphatic carbocycles. The second kappa shape index (κ2) is 18.5. The fourth-order valence-corrected chi connectivity index (χ4v) is 10.7. The number of carboxylic acid groups (broad SMARTS) is 2. The van der Waals surface area contributed by atoms with E-state index in [1.807, 2.05) is 56.3 Å². The fourth-order valence-electron chi connectivity index (χ4n) is 7.15. The monoisotopic (exact) mass is 936 g/mol. The predicted molar refractivity (Wildman–Crippen MR) is 251 cm³/mol. The molecule has 0 unspecified atom stereocenters. The van der Waals surface area contributed by atoms with Crippen LogP contribution in [0.3, 0.4) is 0 Å². The molecule has 0 saturated heterocycles. The Balaban J connectivity index is 0.000000189. The van der Waals surface area contributed by atoms with Crippen molar-refractivity contribution >= 4 is 99.6 Å². The van der Waals surface area contributed by atoms with Crippen molar-refractivity contribution in [3.05, 3.63) is 139 Å². The molecule has 17 heteroatoms. The van der Waals surface area contributed by atoms with Gasteiger partial charge < -0.3 is 19.3 Å². The average molecular weight is 937 g/mol. The molecule has 0 amide bonds. The van der Waals surface area contributed by atoms with Crippen LogP contribution in [0.5, 0.6) is 0 Å². The van der Waals surface area contributed by atoms with Gasteiger partial charge in [-0.1, -0.05) is 60.0 Å². The Morgan fingerprint density at radius 3 is 1.54 bits per heavy atom. The van der Waals surface area contributed by atoms with E-state index in [0.717, 1.165) is 86.3 Å². The maximum Gasteiger partial charge on any atom is 0.323 e. The van der Waals surface area contributed by atoms with Gasteiger partial charge in [-0.25, -0.2) is 26.8 Å². The molecule has 3 heterocycles. The maximum atomic E-state index is 11.8. The van der Waals surface area contributed by atoms with Gasteiger partial charge >= 0.3 is 11.9 Å². The molecular weight excluding hydrogens is 897 g/mol. The first-order valence-corrected chi connectivity index (χ1v) is 25.0. The smallest absolute Gasteiger partial charge is 0.323 e. The SMILES string of the molecule is Cc1c(Sc2ccc(S(C)(=O)=O)cc2)c2cc(-c3cncnc3)ccc2n1CC(=O)O.Cc1c(Sc2ccc(S(C)(=O)=O)cc2)c2cc(C3=CC(=S)CC=C3)ccc2n1CC(=O)O. The van der Waals surface area contributed by atoms with E-state index in [1.165, 1.54) is 42.4 Å². The van der Waals surface area contributed by atoms with E-state index in [1.54, 1.807) is 70.1 Å². The van der Waals surface area contributed by atoms with Gasteiger partial charge in [-0.2, -0.15) is 0 Å². The first kappa shape index (κ1) is 45.2. The Morgan fingerprint density at radius 1 is 0.667 bits per heavy atom. The van der Waals surface area contributed by atoms with Gasteiger partial charge in [0.15, 0.2) is 19.7 Å². The Hall–Kier alpha value is -5.85. The van der Waals surface area contributed by atoms with Crippen LogP contribution in [0, 0.1) is 13.8 Å². The number of hydrogen-bond acceptors (Lipinski definition) is 11. The summed E-state index contributed by atoms with van der Waals surface area (Å²) in [4.78, 5) is 36.1. The molecule has 3 aromatic heterocycles. The number of hydrogen-bond donors (Lipinski definition) is 2. The highest BCUT2D eigenvalue weighted by molar-refractivity contribution is 8.00. The normalized spacial score (nSPS) is 12.9. The minimum atomic E-state index is -3.27. The van der Waals surface area contributed by atoms with Gasteiger partial charge in [0.1, 0.15) is 19.4 Å². The summed E-state index contributed by atoms with van der Waals surface area (Å²) in [5.41, 5.74) is 7.16. The van der Waals surface area contributed by atoms with Crippen LogP contribution in [0.15, 0.2) is 151 Å². The molecule has 0 aliphatic heterocycles. The Kier molecular flexibility index (Phi) is 13.2. The number of fused-ring (bicyclic) bond motifs is 2. The number of nitrogens with zero attached hydrogens (tertiary/aromatic N) is 4. The summed E-state index contributed by atoms with van der Waals surface area (Å²) >= 11 is 8.33. The van der Waals surface area contributed by atoms with Gasteiger partial charge in [-0.05, 0) is 109 Å². The minimum absolute atomic E-state index is 0.137. The third-order valence-corrected chi connectivity index (χ3v) is 15.2. The topological polar surface area (TPSA) is 179 Å². The van der Waals surface area contributed by atoms with E-state index >= 15 is 0 Å². The molecule has 8 rings (SSSR count). The van der Waals surface area contributed by atoms with Crippen molar-refractivity contribution in [1.29, 1.82) is 0 Å². The van der Waals surface area contributed by atoms with Crippen molar-refractivity contribution in [2.45, 2.75) is 62.7 Å². The standard InChI is InChI=1S/C24H21NO4S3.C22H19N3O4S2/c1-15-24(31-19-7-9-20(10-8-19)32(2,28)29)21-13-17(16-4-3-5-18(30)12-16)6-11-22(21)25(15)14-23(26)27;1-14-22(30-17-4-6-18(7-5-17)31(2,28)29)19-9-15(16-10-23-13-24-11-16)3-8-20(19)25(14)12-21(26)27/h3-4,6-13H,5,14H2,1-2H3,(H,26,27);3-11,13H,12H2,1-2H3,(H,26,27). The summed E-state index contributed by atoms with van der Waals surface area (Å²) in [6, 6.07) is 25.2. The van der Waals surface area contributed by atoms with Crippen LogP contribution < -0.4 is 0 Å². The average Bonchev–Trinajstić information content (AvgIpc) is 3.64. The number of carbonyl (C=O) groups is 2. The van der Waals surface area contributed by atoms with Gasteiger partial charge in [0.25, 0.3) is 0 Å². The second-order valence-corrected chi connectivity index (χ2v) is 21.5. The first-order chi connectivity index (χ1) is 29.9. The molecule has 0 atom stereocenters. The van der Waals surface area contributed by atoms with Crippen LogP contribution in [0.2, 0.25) is 0 Å². The predicted octanol–water partition coefficient (Wildman–Crippen LogP) is 9.35. The van der Waals surface area contributed by atoms with Gasteiger partial charge in [0.2, 0.25) is 0 Å². The summed E-state index contributed by atoms with van der Waals surface area (Å²) < 4.78 is 50.6. The van der Waals surface area contributed by atoms with Crippen LogP contribution in [0.4, 0.5) is 0 Å². The highest BCUT2D eigenvalue weighted by Gasteiger charge is 2.21. The number of allylic oxidation sites excluding steroid dienone is 4. The zero-order chi connectivity index (χ0) is 45.2. The summed E-state index contributed by atoms with van der Waals surface area (Å²) in [7, 11) is -6.54. The van der Waals surface area contributed by atoms with Crippen molar-refractivity contribution in [2.24, 2.45) is 0 Å². The van der Waals surface area contributed by atoms with Gasteiger partial charge in [-0.15, -0.1) is 0 Å². The molecule has 12 nitrogen and oxygen atoms in total. The van der Waals surface area contributed by atoms with Crippen LogP contribution in [0.1, 0.15) is 23.4 Å². The number of carboxylic acids is 2. The number of rotatable bonds is 12. The van der Waals surface area contributed by atoms with E-state index in [2.05, 4.69) is 22.1 Å². The van der Waals surface area contributed by atoms with Crippen LogP contribution in [-0.4, -0.2) is 75.5 Å². The number of aromatic nitrogens is 4. The molecule has 0 fully saturated rings. The molecular formula is C46H40N4O8S5. The zero-order valence-electron chi connectivity index (χ0n) is 34.3. The quantitative estimate of drug-likeness (QED) is 0.111. The van der Waals surface area contributed by atoms with Crippen molar-refractivity contribution in [1.82, 2.24) is 19.1 Å². The second-order valence-electron chi connectivity index (χ2n) is 14.7. The molecule has 63 heavy (non-hydrogen) atoms. The summed E-state index contributed by atoms with van der Waals surface area (Å²) in [6.45, 7) is 3.51. The summed E-state index contributed by atoms with van der Waals surface area (Å²) in [6.07, 6.45) is 14.1. The molecule has 7 aromatic rings. The van der Waals surface area contributed by atoms with E-state index < -0.39 is 31.6 Å². The lowest BCUT2D eigenvalue weighted by Gasteiger charge is -2.09. The highest BCUT2D eigenvalue weighted by atomic mass is 32.2. The molecule has 4 aromatic carbocycles. The van der Waals surface area contributed by atoms with Crippen molar-refractivity contribution < 1.29 is 36.6 Å². The first-order valence-electron chi connectivity index (χ1n) is 19.2. The molecule has 2 N–H and O–H groups in total. The van der Waals surface area contributed by atoms with Gasteiger partial charge in [0.05, 0.1) is 9.79 Å². The minimum Gasteiger partial charge on any atom is -0.480 e. The third kappa shape index (κ3) is 10.3. The molecule has 0 radical (unpaired) electrons. The largest absolute Gasteiger partial charge is 0.480 e. The van der Waals surface area contributed by atoms with E-state index in [0.29, 0.717) is 0 Å². The van der Waals surface area contributed by atoms with Gasteiger partial charge in [0, 0.05) is 94.5 Å². The lowest BCUT2D eigenvalue weighted by atomic mass is 9.98. The number of aliphatic carboxylic acids is 2. The Bertz CT molecular complexity index is 3230. The Morgan fingerprint density at radius 2 is 1.11 bits per heavy atom. The maximum absolute atomic E-state index is 11.8. The van der Waals surface area contributed by atoms with Crippen molar-refractivity contribution in [3.63, 3.8) is 0 Å². The number of benzene rings is 4. The lowest BCUT2D eigenvalue weighted by molar-refractivity contribution is -0.138. The Labute approximate surface area is 378 Å². The van der Waals surface area contributed by atoms with Gasteiger partial charge in [-0.3, -0.25) is 9.59 Å². The number of thiocarbonyl (C=S) groups is 1. The lowest BCUT2D eigenvalue weighted by Crippen LogP contribution is -2.09. The van der Waals surface area contributed by atoms with E-state index in [-0.39, 0.29) is 22.9 Å². The van der Waals surface area contributed by atoms with Crippen LogP contribution in [-0.2, 0) is 42.4 Å². The van der Waals surface area contributed by atoms with Crippen molar-refractivity contribution in [2.75, 3.05) is 12.5 Å². The van der Waals surface area contributed by atoms with E-state index in [4.69, 9.17) is 12.2 Å². The van der Waals surface area contributed by atoms with Crippen molar-refractivity contribution in [3.8, 4) is 11.1 Å². The number of sulfone groups is 2. The molecule has 1 aliphatic rings. The molecule has 0 saturated carbocycles. The highest BCUT2D eigenvalue weighted by Crippen LogP contribution is 2.42. The van der Waals surface area contributed by atoms with E-state index in [9.17, 15) is 36.6 Å². The zero-order valence-corrected chi connectivity index (χ0v) is 38.4. The molecule has 0 bridgehead atoms. The van der Waals surface area contributed by atoms with Crippen LogP contribution >= 0.6 is 35.7 Å². The van der Waals surface area contributed by atoms with Crippen LogP contribution in [0.25, 0.3) is 38.5 Å². The summed E-state index contributed by atoms with van der Waals surface area (Å²) in [5, 5.41) is 20.7. The fraction of sp³-hybridized carbons (Fsp3) is 0.152. The molecule has 322 valence electrons. The third-order valence-electron chi connectivity index (χ3n) is 10.2.